The SMILES string of the molecule is CC(=O)NC(C(=O)Nc1ccc(Br)cc1C(=O)O)C(C)C. The summed E-state index contributed by atoms with van der Waals surface area (Å²) in [5.74, 6) is -2.05. The number of aromatic carboxylic acids is 1. The van der Waals surface area contributed by atoms with E-state index in [1.807, 2.05) is 0 Å². The summed E-state index contributed by atoms with van der Waals surface area (Å²) in [6.07, 6.45) is 0. The van der Waals surface area contributed by atoms with E-state index in [1.54, 1.807) is 19.9 Å². The van der Waals surface area contributed by atoms with Gasteiger partial charge < -0.3 is 15.7 Å². The normalized spacial score (nSPS) is 11.9. The Morgan fingerprint density at radius 2 is 1.86 bits per heavy atom. The molecule has 21 heavy (non-hydrogen) atoms. The highest BCUT2D eigenvalue weighted by Crippen LogP contribution is 2.21. The van der Waals surface area contributed by atoms with E-state index < -0.39 is 17.9 Å². The van der Waals surface area contributed by atoms with Crippen LogP contribution in [-0.2, 0) is 9.59 Å². The molecule has 0 bridgehead atoms. The Morgan fingerprint density at radius 1 is 1.24 bits per heavy atom. The maximum Gasteiger partial charge on any atom is 0.337 e. The molecule has 0 fully saturated rings. The molecule has 3 N–H and O–H groups in total. The molecular formula is C14H17BrN2O4. The third-order valence-corrected chi connectivity index (χ3v) is 3.27. The van der Waals surface area contributed by atoms with Gasteiger partial charge in [-0.2, -0.15) is 0 Å². The number of carboxylic acid groups (broad SMARTS) is 1. The first-order chi connectivity index (χ1) is 9.72. The molecule has 1 aromatic carbocycles. The molecule has 1 rings (SSSR count). The Balaban J connectivity index is 3.01. The molecular weight excluding hydrogens is 340 g/mol. The zero-order chi connectivity index (χ0) is 16.2. The molecule has 1 atom stereocenters. The largest absolute Gasteiger partial charge is 0.478 e. The number of hydrogen-bond donors (Lipinski definition) is 3. The standard InChI is InChI=1S/C14H17BrN2O4/c1-7(2)12(16-8(3)18)13(19)17-11-5-4-9(15)6-10(11)14(20)21/h4-7,12H,1-3H3,(H,16,18)(H,17,19)(H,20,21). The van der Waals surface area contributed by atoms with Crippen LogP contribution in [0.2, 0.25) is 0 Å². The number of carboxylic acids is 1. The molecule has 2 amide bonds. The molecule has 1 unspecified atom stereocenters. The number of carbonyl (C=O) groups excluding carboxylic acids is 2. The van der Waals surface area contributed by atoms with Crippen molar-refractivity contribution in [3.8, 4) is 0 Å². The number of hydrogen-bond acceptors (Lipinski definition) is 3. The Bertz CT molecular complexity index is 572. The quantitative estimate of drug-likeness (QED) is 0.753. The Hall–Kier alpha value is -1.89. The highest BCUT2D eigenvalue weighted by Gasteiger charge is 2.24. The zero-order valence-electron chi connectivity index (χ0n) is 11.9. The van der Waals surface area contributed by atoms with Crippen molar-refractivity contribution in [1.82, 2.24) is 5.32 Å². The van der Waals surface area contributed by atoms with Crippen LogP contribution in [0.25, 0.3) is 0 Å². The van der Waals surface area contributed by atoms with Gasteiger partial charge in [0.15, 0.2) is 0 Å². The second-order valence-corrected chi connectivity index (χ2v) is 5.82. The summed E-state index contributed by atoms with van der Waals surface area (Å²) < 4.78 is 0.597. The predicted molar refractivity (Wildman–Crippen MR) is 82.2 cm³/mol. The zero-order valence-corrected chi connectivity index (χ0v) is 13.5. The van der Waals surface area contributed by atoms with Crippen molar-refractivity contribution in [2.75, 3.05) is 5.32 Å². The second kappa shape index (κ2) is 7.21. The van der Waals surface area contributed by atoms with Crippen molar-refractivity contribution >= 4 is 39.4 Å². The highest BCUT2D eigenvalue weighted by molar-refractivity contribution is 9.10. The third-order valence-electron chi connectivity index (χ3n) is 2.78. The van der Waals surface area contributed by atoms with Gasteiger partial charge in [-0.15, -0.1) is 0 Å². The number of rotatable bonds is 5. The lowest BCUT2D eigenvalue weighted by atomic mass is 10.0. The van der Waals surface area contributed by atoms with Crippen molar-refractivity contribution in [1.29, 1.82) is 0 Å². The van der Waals surface area contributed by atoms with Crippen molar-refractivity contribution in [3.63, 3.8) is 0 Å². The molecule has 0 aliphatic carbocycles. The van der Waals surface area contributed by atoms with Gasteiger partial charge in [-0.1, -0.05) is 29.8 Å². The van der Waals surface area contributed by atoms with E-state index >= 15 is 0 Å². The van der Waals surface area contributed by atoms with Gasteiger partial charge in [0.1, 0.15) is 6.04 Å². The minimum Gasteiger partial charge on any atom is -0.478 e. The molecule has 0 spiro atoms. The molecule has 6 nitrogen and oxygen atoms in total. The maximum atomic E-state index is 12.2. The fourth-order valence-electron chi connectivity index (χ4n) is 1.77. The van der Waals surface area contributed by atoms with Crippen LogP contribution >= 0.6 is 15.9 Å². The average Bonchev–Trinajstić information content (AvgIpc) is 2.37. The number of halogens is 1. The van der Waals surface area contributed by atoms with Gasteiger partial charge in [0.05, 0.1) is 11.3 Å². The molecule has 114 valence electrons. The molecule has 0 aromatic heterocycles. The number of amides is 2. The Morgan fingerprint density at radius 3 is 2.33 bits per heavy atom. The number of anilines is 1. The molecule has 0 aliphatic heterocycles. The topological polar surface area (TPSA) is 95.5 Å². The van der Waals surface area contributed by atoms with Crippen LogP contribution in [0.4, 0.5) is 5.69 Å². The number of nitrogens with one attached hydrogen (secondary N) is 2. The van der Waals surface area contributed by atoms with Crippen LogP contribution in [0.1, 0.15) is 31.1 Å². The lowest BCUT2D eigenvalue weighted by Gasteiger charge is -2.21. The summed E-state index contributed by atoms with van der Waals surface area (Å²) in [6.45, 7) is 4.91. The monoisotopic (exact) mass is 356 g/mol. The summed E-state index contributed by atoms with van der Waals surface area (Å²) in [5.41, 5.74) is 0.162. The Kier molecular flexibility index (Phi) is 5.90. The summed E-state index contributed by atoms with van der Waals surface area (Å²) in [7, 11) is 0. The van der Waals surface area contributed by atoms with Crippen LogP contribution in [0.5, 0.6) is 0 Å². The van der Waals surface area contributed by atoms with Crippen LogP contribution in [0.15, 0.2) is 22.7 Å². The van der Waals surface area contributed by atoms with E-state index in [0.717, 1.165) is 0 Å². The number of carbonyl (C=O) groups is 3. The van der Waals surface area contributed by atoms with E-state index in [1.165, 1.54) is 19.1 Å². The van der Waals surface area contributed by atoms with Crippen LogP contribution in [-0.4, -0.2) is 28.9 Å². The average molecular weight is 357 g/mol. The molecule has 7 heteroatoms. The molecule has 0 aliphatic rings. The van der Waals surface area contributed by atoms with E-state index in [0.29, 0.717) is 4.47 Å². The first-order valence-corrected chi connectivity index (χ1v) is 7.12. The summed E-state index contributed by atoms with van der Waals surface area (Å²) >= 11 is 3.18. The first kappa shape index (κ1) is 17.2. The van der Waals surface area contributed by atoms with Crippen LogP contribution < -0.4 is 10.6 Å². The third kappa shape index (κ3) is 4.86. The smallest absolute Gasteiger partial charge is 0.337 e. The van der Waals surface area contributed by atoms with Gasteiger partial charge in [0, 0.05) is 11.4 Å². The second-order valence-electron chi connectivity index (χ2n) is 4.91. The summed E-state index contributed by atoms with van der Waals surface area (Å²) in [5, 5.41) is 14.3. The highest BCUT2D eigenvalue weighted by atomic mass is 79.9. The van der Waals surface area contributed by atoms with Crippen LogP contribution in [0.3, 0.4) is 0 Å². The molecule has 0 radical (unpaired) electrons. The molecule has 0 heterocycles. The van der Waals surface area contributed by atoms with Crippen LogP contribution in [0, 0.1) is 5.92 Å². The van der Waals surface area contributed by atoms with E-state index in [9.17, 15) is 14.4 Å². The summed E-state index contributed by atoms with van der Waals surface area (Å²) in [6, 6.07) is 3.80. The van der Waals surface area contributed by atoms with Crippen molar-refractivity contribution < 1.29 is 19.5 Å². The van der Waals surface area contributed by atoms with E-state index in [-0.39, 0.29) is 23.1 Å². The maximum absolute atomic E-state index is 12.2. The molecule has 1 aromatic rings. The fourth-order valence-corrected chi connectivity index (χ4v) is 2.13. The van der Waals surface area contributed by atoms with Gasteiger partial charge in [0.25, 0.3) is 0 Å². The molecule has 0 saturated carbocycles. The lowest BCUT2D eigenvalue weighted by molar-refractivity contribution is -0.126. The van der Waals surface area contributed by atoms with Crippen molar-refractivity contribution in [3.05, 3.63) is 28.2 Å². The van der Waals surface area contributed by atoms with Gasteiger partial charge in [-0.3, -0.25) is 9.59 Å². The first-order valence-electron chi connectivity index (χ1n) is 6.33. The van der Waals surface area contributed by atoms with Gasteiger partial charge >= 0.3 is 5.97 Å². The Labute approximate surface area is 131 Å². The minimum absolute atomic E-state index is 0.0249. The number of benzene rings is 1. The summed E-state index contributed by atoms with van der Waals surface area (Å²) in [4.78, 5) is 34.6. The van der Waals surface area contributed by atoms with Crippen molar-refractivity contribution in [2.45, 2.75) is 26.8 Å². The fraction of sp³-hybridized carbons (Fsp3) is 0.357. The van der Waals surface area contributed by atoms with E-state index in [2.05, 4.69) is 26.6 Å². The van der Waals surface area contributed by atoms with E-state index in [4.69, 9.17) is 5.11 Å². The van der Waals surface area contributed by atoms with Gasteiger partial charge in [-0.05, 0) is 24.1 Å². The predicted octanol–water partition coefficient (Wildman–Crippen LogP) is 2.25. The van der Waals surface area contributed by atoms with Gasteiger partial charge in [-0.25, -0.2) is 4.79 Å². The van der Waals surface area contributed by atoms with Crippen molar-refractivity contribution in [2.24, 2.45) is 5.92 Å². The minimum atomic E-state index is -1.15. The van der Waals surface area contributed by atoms with Gasteiger partial charge in [0.2, 0.25) is 11.8 Å². The lowest BCUT2D eigenvalue weighted by Crippen LogP contribution is -2.46. The molecule has 0 saturated heterocycles.